The first-order chi connectivity index (χ1) is 12.6. The number of quaternary nitrogens is 1. The highest BCUT2D eigenvalue weighted by Gasteiger charge is 2.37. The van der Waals surface area contributed by atoms with Crippen molar-refractivity contribution in [2.24, 2.45) is 0 Å². The molecule has 8 nitrogen and oxygen atoms in total. The van der Waals surface area contributed by atoms with E-state index < -0.39 is 7.44 Å². The summed E-state index contributed by atoms with van der Waals surface area (Å²) in [6, 6.07) is -0.305. The van der Waals surface area contributed by atoms with Crippen LogP contribution < -0.4 is 0 Å². The van der Waals surface area contributed by atoms with Gasteiger partial charge in [-0.15, -0.1) is 0 Å². The molecule has 2 saturated heterocycles. The second-order valence-corrected chi connectivity index (χ2v) is 11.4. The van der Waals surface area contributed by atoms with E-state index in [9.17, 15) is 9.36 Å². The Morgan fingerprint density at radius 1 is 1.30 bits per heavy atom. The Hall–Kier alpha value is -0.0851. The lowest BCUT2D eigenvalue weighted by Crippen LogP contribution is -2.57. The zero-order valence-electron chi connectivity index (χ0n) is 16.9. The predicted octanol–water partition coefficient (Wildman–Crippen LogP) is -0.241. The summed E-state index contributed by atoms with van der Waals surface area (Å²) >= 11 is 4.04. The van der Waals surface area contributed by atoms with E-state index in [4.69, 9.17) is 17.3 Å². The Morgan fingerprint density at radius 3 is 2.44 bits per heavy atom. The zero-order valence-corrected chi connectivity index (χ0v) is 18.7. The maximum atomic E-state index is 13.6. The lowest BCUT2D eigenvalue weighted by atomic mass is 9.96. The van der Waals surface area contributed by atoms with Crippen LogP contribution in [-0.2, 0) is 18.8 Å². The Morgan fingerprint density at radius 2 is 1.93 bits per heavy atom. The summed E-state index contributed by atoms with van der Waals surface area (Å²) in [5.74, 6) is 0.216. The van der Waals surface area contributed by atoms with Crippen LogP contribution in [0.15, 0.2) is 0 Å². The van der Waals surface area contributed by atoms with Gasteiger partial charge in [-0.25, -0.2) is 9.34 Å². The summed E-state index contributed by atoms with van der Waals surface area (Å²) in [6.07, 6.45) is 0.0208. The third kappa shape index (κ3) is 6.19. The number of likely N-dealkylation sites (N-methyl/N-ethyl adjacent to an activating group) is 1. The summed E-state index contributed by atoms with van der Waals surface area (Å²) in [4.78, 5) is 13.5. The average Bonchev–Trinajstić information content (AvgIpc) is 2.59. The van der Waals surface area contributed by atoms with Gasteiger partial charge in [0.2, 0.25) is 13.4 Å². The Labute approximate surface area is 170 Å². The highest BCUT2D eigenvalue weighted by molar-refractivity contribution is 7.81. The lowest BCUT2D eigenvalue weighted by molar-refractivity contribution is -0.903. The molecule has 2 heterocycles. The van der Waals surface area contributed by atoms with Gasteiger partial charge in [0.05, 0.1) is 39.0 Å². The van der Waals surface area contributed by atoms with Crippen molar-refractivity contribution in [2.45, 2.75) is 12.1 Å². The van der Waals surface area contributed by atoms with E-state index >= 15 is 0 Å². The number of piperazine rings is 1. The molecular formula is C16H33BN4O4PS+. The molecule has 1 amide bonds. The number of hydrogen-bond acceptors (Lipinski definition) is 5. The fourth-order valence-electron chi connectivity index (χ4n) is 3.65. The quantitative estimate of drug-likeness (QED) is 0.266. The minimum atomic E-state index is -2.85. The van der Waals surface area contributed by atoms with Crippen molar-refractivity contribution < 1.29 is 23.3 Å². The van der Waals surface area contributed by atoms with Crippen molar-refractivity contribution in [2.75, 3.05) is 86.2 Å². The van der Waals surface area contributed by atoms with Crippen molar-refractivity contribution in [3.05, 3.63) is 0 Å². The zero-order chi connectivity index (χ0) is 20.2. The molecule has 27 heavy (non-hydrogen) atoms. The van der Waals surface area contributed by atoms with Gasteiger partial charge in [-0.05, 0) is 14.1 Å². The first-order valence-corrected chi connectivity index (χ1v) is 11.7. The molecular weight excluding hydrogens is 386 g/mol. The van der Waals surface area contributed by atoms with Gasteiger partial charge in [0.1, 0.15) is 26.8 Å². The number of morpholine rings is 1. The molecule has 0 aromatic heterocycles. The molecule has 2 aliphatic heterocycles. The molecule has 0 spiro atoms. The minimum absolute atomic E-state index is 0.0143. The number of nitrogens with zero attached hydrogens (tertiary/aromatic N) is 4. The molecule has 2 rings (SSSR count). The monoisotopic (exact) mass is 419 g/mol. The number of ether oxygens (including phenoxy) is 2. The normalized spacial score (nSPS) is 28.9. The van der Waals surface area contributed by atoms with Crippen molar-refractivity contribution in [3.8, 4) is 0 Å². The van der Waals surface area contributed by atoms with Crippen LogP contribution in [0.2, 0.25) is 0 Å². The highest BCUT2D eigenvalue weighted by Crippen LogP contribution is 2.51. The Kier molecular flexibility index (Phi) is 8.26. The van der Waals surface area contributed by atoms with Crippen LogP contribution >= 0.6 is 20.1 Å². The maximum absolute atomic E-state index is 13.6. The van der Waals surface area contributed by atoms with Crippen molar-refractivity contribution in [1.29, 1.82) is 0 Å². The highest BCUT2D eigenvalue weighted by atomic mass is 32.1. The van der Waals surface area contributed by atoms with Crippen LogP contribution in [0, 0.1) is 0 Å². The smallest absolute Gasteiger partial charge is 0.241 e. The van der Waals surface area contributed by atoms with Crippen molar-refractivity contribution >= 4 is 33.8 Å². The summed E-state index contributed by atoms with van der Waals surface area (Å²) in [7, 11) is 11.0. The van der Waals surface area contributed by atoms with E-state index in [0.717, 1.165) is 17.6 Å². The molecule has 0 aliphatic carbocycles. The maximum Gasteiger partial charge on any atom is 0.241 e. The lowest BCUT2D eigenvalue weighted by Gasteiger charge is -2.42. The molecule has 2 radical (unpaired) electrons. The average molecular weight is 419 g/mol. The summed E-state index contributed by atoms with van der Waals surface area (Å²) in [6.45, 7) is 4.19. The number of amides is 1. The van der Waals surface area contributed by atoms with Gasteiger partial charge in [-0.1, -0.05) is 0 Å². The second-order valence-electron chi connectivity index (χ2n) is 8.10. The molecule has 0 saturated carbocycles. The SMILES string of the molecule is [B]C1C[N+](C)(C)CC(COCP(=O)(N(C)C)N2CCN(C(=O)CS)CC2)O1. The van der Waals surface area contributed by atoms with Gasteiger partial charge >= 0.3 is 0 Å². The number of thiol groups is 1. The number of carbonyl (C=O) groups excluding carboxylic acids is 1. The molecule has 2 aliphatic rings. The molecule has 0 aromatic carbocycles. The largest absolute Gasteiger partial charge is 0.371 e. The predicted molar refractivity (Wildman–Crippen MR) is 110 cm³/mol. The first kappa shape index (κ1) is 23.2. The molecule has 3 atom stereocenters. The van der Waals surface area contributed by atoms with Crippen molar-refractivity contribution in [3.63, 3.8) is 0 Å². The molecule has 0 bridgehead atoms. The van der Waals surface area contributed by atoms with Crippen LogP contribution in [0.5, 0.6) is 0 Å². The Bertz CT molecular complexity index is 561. The number of rotatable bonds is 7. The van der Waals surface area contributed by atoms with Crippen LogP contribution in [0.1, 0.15) is 0 Å². The van der Waals surface area contributed by atoms with Crippen LogP contribution in [0.4, 0.5) is 0 Å². The molecule has 0 N–H and O–H groups in total. The number of carbonyl (C=O) groups is 1. The fourth-order valence-corrected chi connectivity index (χ4v) is 5.90. The third-order valence-electron chi connectivity index (χ3n) is 5.11. The molecule has 2 fully saturated rings. The first-order valence-electron chi connectivity index (χ1n) is 9.29. The topological polar surface area (TPSA) is 62.3 Å². The number of hydrogen-bond donors (Lipinski definition) is 1. The summed E-state index contributed by atoms with van der Waals surface area (Å²) in [5.41, 5.74) is 0. The van der Waals surface area contributed by atoms with E-state index in [1.165, 1.54) is 0 Å². The molecule has 154 valence electrons. The second kappa shape index (κ2) is 9.61. The Balaban J connectivity index is 1.89. The standard InChI is InChI=1S/C16H32BN4O4PS/c1-18(2)26(23,20-7-5-19(6-8-20)16(22)12-27)13-24-11-14-9-21(3,4)10-15(17)25-14/h14-15H,5-13H2,1-4H3/p+1. The van der Waals surface area contributed by atoms with Gasteiger partial charge in [0.25, 0.3) is 0 Å². The van der Waals surface area contributed by atoms with Crippen LogP contribution in [0.3, 0.4) is 0 Å². The van der Waals surface area contributed by atoms with Gasteiger partial charge in [0.15, 0.2) is 0 Å². The summed E-state index contributed by atoms with van der Waals surface area (Å²) < 4.78 is 29.7. The van der Waals surface area contributed by atoms with Crippen molar-refractivity contribution in [1.82, 2.24) is 14.2 Å². The summed E-state index contributed by atoms with van der Waals surface area (Å²) in [5, 5.41) is 0. The molecule has 3 unspecified atom stereocenters. The van der Waals surface area contributed by atoms with Gasteiger partial charge in [0, 0.05) is 26.2 Å². The minimum Gasteiger partial charge on any atom is -0.371 e. The fraction of sp³-hybridized carbons (Fsp3) is 0.938. The van der Waals surface area contributed by atoms with E-state index in [1.54, 1.807) is 9.57 Å². The van der Waals surface area contributed by atoms with Crippen LogP contribution in [0.25, 0.3) is 0 Å². The van der Waals surface area contributed by atoms with Gasteiger partial charge in [-0.2, -0.15) is 12.6 Å². The third-order valence-corrected chi connectivity index (χ3v) is 8.44. The van der Waals surface area contributed by atoms with Gasteiger partial charge < -0.3 is 18.9 Å². The van der Waals surface area contributed by atoms with E-state index in [-0.39, 0.29) is 30.1 Å². The van der Waals surface area contributed by atoms with E-state index in [2.05, 4.69) is 26.7 Å². The van der Waals surface area contributed by atoms with Crippen LogP contribution in [-0.4, -0.2) is 131 Å². The van der Waals surface area contributed by atoms with Gasteiger partial charge in [-0.3, -0.25) is 9.36 Å². The molecule has 0 aromatic rings. The molecule has 11 heteroatoms. The van der Waals surface area contributed by atoms with E-state index in [1.807, 2.05) is 18.8 Å². The van der Waals surface area contributed by atoms with E-state index in [0.29, 0.717) is 32.8 Å².